The standard InChI is InChI=1S/C19H16ClN3O/c1-23(18-8-3-2-4-9-18)19(24)14-10-17(13-21-12-14)22-16-7-5-6-15(20)11-16/h2-13,22H,1H3. The number of para-hydroxylation sites is 1. The van der Waals surface area contributed by atoms with E-state index >= 15 is 0 Å². The molecule has 1 N–H and O–H groups in total. The van der Waals surface area contributed by atoms with E-state index in [4.69, 9.17) is 11.6 Å². The topological polar surface area (TPSA) is 45.2 Å². The molecule has 0 bridgehead atoms. The first-order valence-corrected chi connectivity index (χ1v) is 7.82. The highest BCUT2D eigenvalue weighted by Crippen LogP contribution is 2.21. The molecule has 1 heterocycles. The number of hydrogen-bond donors (Lipinski definition) is 1. The van der Waals surface area contributed by atoms with Gasteiger partial charge in [-0.3, -0.25) is 9.78 Å². The zero-order valence-electron chi connectivity index (χ0n) is 13.1. The average molecular weight is 338 g/mol. The van der Waals surface area contributed by atoms with Crippen molar-refractivity contribution in [3.05, 3.63) is 83.6 Å². The Bertz CT molecular complexity index is 852. The van der Waals surface area contributed by atoms with Crippen LogP contribution in [0.3, 0.4) is 0 Å². The molecule has 5 heteroatoms. The minimum Gasteiger partial charge on any atom is -0.354 e. The molecule has 3 rings (SSSR count). The first kappa shape index (κ1) is 16.0. The molecule has 0 aliphatic heterocycles. The number of benzene rings is 2. The molecular weight excluding hydrogens is 322 g/mol. The highest BCUT2D eigenvalue weighted by Gasteiger charge is 2.14. The van der Waals surface area contributed by atoms with Crippen LogP contribution in [0.4, 0.5) is 17.1 Å². The fraction of sp³-hybridized carbons (Fsp3) is 0.0526. The van der Waals surface area contributed by atoms with E-state index in [1.165, 1.54) is 0 Å². The zero-order valence-corrected chi connectivity index (χ0v) is 13.9. The molecule has 0 radical (unpaired) electrons. The third-order valence-corrected chi connectivity index (χ3v) is 3.78. The van der Waals surface area contributed by atoms with Crippen LogP contribution in [0, 0.1) is 0 Å². The minimum absolute atomic E-state index is 0.122. The van der Waals surface area contributed by atoms with Crippen molar-refractivity contribution in [1.29, 1.82) is 0 Å². The van der Waals surface area contributed by atoms with Gasteiger partial charge < -0.3 is 10.2 Å². The van der Waals surface area contributed by atoms with Gasteiger partial charge in [-0.25, -0.2) is 0 Å². The lowest BCUT2D eigenvalue weighted by molar-refractivity contribution is 0.0992. The number of anilines is 3. The Labute approximate surface area is 145 Å². The molecule has 0 fully saturated rings. The molecule has 120 valence electrons. The van der Waals surface area contributed by atoms with E-state index in [2.05, 4.69) is 10.3 Å². The fourth-order valence-corrected chi connectivity index (χ4v) is 2.51. The van der Waals surface area contributed by atoms with Crippen molar-refractivity contribution in [2.45, 2.75) is 0 Å². The van der Waals surface area contributed by atoms with Gasteiger partial charge in [0.05, 0.1) is 17.4 Å². The molecule has 1 amide bonds. The van der Waals surface area contributed by atoms with Crippen molar-refractivity contribution in [2.24, 2.45) is 0 Å². The molecule has 4 nitrogen and oxygen atoms in total. The Balaban J connectivity index is 1.81. The summed E-state index contributed by atoms with van der Waals surface area (Å²) in [6.45, 7) is 0. The van der Waals surface area contributed by atoms with Crippen molar-refractivity contribution >= 4 is 34.6 Å². The third-order valence-electron chi connectivity index (χ3n) is 3.55. The number of halogens is 1. The predicted molar refractivity (Wildman–Crippen MR) is 98.1 cm³/mol. The monoisotopic (exact) mass is 337 g/mol. The number of carbonyl (C=O) groups is 1. The SMILES string of the molecule is CN(C(=O)c1cncc(Nc2cccc(Cl)c2)c1)c1ccccc1. The Morgan fingerprint density at radius 1 is 1.00 bits per heavy atom. The third kappa shape index (κ3) is 3.73. The molecule has 0 saturated heterocycles. The summed E-state index contributed by atoms with van der Waals surface area (Å²) in [5.74, 6) is -0.122. The molecule has 2 aromatic carbocycles. The molecule has 0 spiro atoms. The maximum Gasteiger partial charge on any atom is 0.259 e. The molecule has 3 aromatic rings. The smallest absolute Gasteiger partial charge is 0.259 e. The van der Waals surface area contributed by atoms with Crippen molar-refractivity contribution in [3.63, 3.8) is 0 Å². The van der Waals surface area contributed by atoms with E-state index in [0.29, 0.717) is 10.6 Å². The van der Waals surface area contributed by atoms with Crippen LogP contribution >= 0.6 is 11.6 Å². The van der Waals surface area contributed by atoms with Crippen LogP contribution in [-0.2, 0) is 0 Å². The highest BCUT2D eigenvalue weighted by atomic mass is 35.5. The maximum absolute atomic E-state index is 12.6. The van der Waals surface area contributed by atoms with Gasteiger partial charge in [-0.2, -0.15) is 0 Å². The van der Waals surface area contributed by atoms with Crippen LogP contribution in [0.2, 0.25) is 5.02 Å². The largest absolute Gasteiger partial charge is 0.354 e. The molecule has 0 saturated carbocycles. The van der Waals surface area contributed by atoms with E-state index in [-0.39, 0.29) is 5.91 Å². The van der Waals surface area contributed by atoms with Crippen molar-refractivity contribution in [1.82, 2.24) is 4.98 Å². The summed E-state index contributed by atoms with van der Waals surface area (Å²) in [5, 5.41) is 3.84. The van der Waals surface area contributed by atoms with Gasteiger partial charge >= 0.3 is 0 Å². The zero-order chi connectivity index (χ0) is 16.9. The number of rotatable bonds is 4. The van der Waals surface area contributed by atoms with Gasteiger partial charge in [0, 0.05) is 29.6 Å². The molecule has 0 aliphatic rings. The summed E-state index contributed by atoms with van der Waals surface area (Å²) in [6.07, 6.45) is 3.23. The molecule has 24 heavy (non-hydrogen) atoms. The number of nitrogens with one attached hydrogen (secondary N) is 1. The Hall–Kier alpha value is -2.85. The van der Waals surface area contributed by atoms with Gasteiger partial charge in [-0.1, -0.05) is 35.9 Å². The normalized spacial score (nSPS) is 10.2. The second-order valence-corrected chi connectivity index (χ2v) is 5.73. The lowest BCUT2D eigenvalue weighted by atomic mass is 10.2. The van der Waals surface area contributed by atoms with Crippen molar-refractivity contribution in [2.75, 3.05) is 17.3 Å². The number of aromatic nitrogens is 1. The predicted octanol–water partition coefficient (Wildman–Crippen LogP) is 4.76. The van der Waals surface area contributed by atoms with Gasteiger partial charge in [0.1, 0.15) is 0 Å². The van der Waals surface area contributed by atoms with Crippen LogP contribution in [0.1, 0.15) is 10.4 Å². The molecular formula is C19H16ClN3O. The molecule has 0 atom stereocenters. The maximum atomic E-state index is 12.6. The lowest BCUT2D eigenvalue weighted by Gasteiger charge is -2.17. The quantitative estimate of drug-likeness (QED) is 0.746. The van der Waals surface area contributed by atoms with Crippen LogP contribution < -0.4 is 10.2 Å². The average Bonchev–Trinajstić information content (AvgIpc) is 2.61. The first-order valence-electron chi connectivity index (χ1n) is 7.44. The Morgan fingerprint density at radius 3 is 2.54 bits per heavy atom. The van der Waals surface area contributed by atoms with Gasteiger partial charge in [0.15, 0.2) is 0 Å². The van der Waals surface area contributed by atoms with E-state index in [1.54, 1.807) is 36.5 Å². The molecule has 0 unspecified atom stereocenters. The van der Waals surface area contributed by atoms with E-state index in [0.717, 1.165) is 17.1 Å². The summed E-state index contributed by atoms with van der Waals surface area (Å²) in [5.41, 5.74) is 2.90. The summed E-state index contributed by atoms with van der Waals surface area (Å²) in [6, 6.07) is 18.6. The van der Waals surface area contributed by atoms with Crippen LogP contribution in [-0.4, -0.2) is 17.9 Å². The number of hydrogen-bond acceptors (Lipinski definition) is 3. The summed E-state index contributed by atoms with van der Waals surface area (Å²) >= 11 is 5.99. The Kier molecular flexibility index (Phi) is 4.77. The molecule has 0 aliphatic carbocycles. The van der Waals surface area contributed by atoms with Crippen molar-refractivity contribution < 1.29 is 4.79 Å². The molecule has 1 aromatic heterocycles. The summed E-state index contributed by atoms with van der Waals surface area (Å²) in [4.78, 5) is 18.4. The second kappa shape index (κ2) is 7.15. The van der Waals surface area contributed by atoms with E-state index in [1.807, 2.05) is 48.5 Å². The lowest BCUT2D eigenvalue weighted by Crippen LogP contribution is -2.26. The van der Waals surface area contributed by atoms with Gasteiger partial charge in [0.25, 0.3) is 5.91 Å². The number of carbonyl (C=O) groups excluding carboxylic acids is 1. The van der Waals surface area contributed by atoms with E-state index in [9.17, 15) is 4.79 Å². The summed E-state index contributed by atoms with van der Waals surface area (Å²) < 4.78 is 0. The van der Waals surface area contributed by atoms with Crippen LogP contribution in [0.15, 0.2) is 73.1 Å². The summed E-state index contributed by atoms with van der Waals surface area (Å²) in [7, 11) is 1.74. The Morgan fingerprint density at radius 2 is 1.79 bits per heavy atom. The highest BCUT2D eigenvalue weighted by molar-refractivity contribution is 6.30. The van der Waals surface area contributed by atoms with Crippen LogP contribution in [0.25, 0.3) is 0 Å². The minimum atomic E-state index is -0.122. The number of nitrogens with zero attached hydrogens (tertiary/aromatic N) is 2. The number of pyridine rings is 1. The number of amides is 1. The first-order chi connectivity index (χ1) is 11.6. The van der Waals surface area contributed by atoms with Gasteiger partial charge in [0.2, 0.25) is 0 Å². The van der Waals surface area contributed by atoms with Gasteiger partial charge in [-0.15, -0.1) is 0 Å². The van der Waals surface area contributed by atoms with Crippen LogP contribution in [0.5, 0.6) is 0 Å². The van der Waals surface area contributed by atoms with Gasteiger partial charge in [-0.05, 0) is 36.4 Å². The van der Waals surface area contributed by atoms with Crippen molar-refractivity contribution in [3.8, 4) is 0 Å². The second-order valence-electron chi connectivity index (χ2n) is 5.30. The fourth-order valence-electron chi connectivity index (χ4n) is 2.32. The van der Waals surface area contributed by atoms with E-state index < -0.39 is 0 Å².